The van der Waals surface area contributed by atoms with Crippen LogP contribution >= 0.6 is 11.8 Å². The standard InChI is InChI=1S/C13H16N2O4S/c1-8-5-10(16)7-14(8)13(17)9-3-4-12(20-2)11(6-9)15(18)19/h3-4,6,8,10,16H,5,7H2,1-2H3/t8-,10+/m1/s1. The highest BCUT2D eigenvalue weighted by Gasteiger charge is 2.32. The molecule has 1 aromatic rings. The van der Waals surface area contributed by atoms with Crippen LogP contribution in [0.4, 0.5) is 5.69 Å². The Morgan fingerprint density at radius 1 is 1.55 bits per heavy atom. The summed E-state index contributed by atoms with van der Waals surface area (Å²) >= 11 is 1.27. The Bertz CT molecular complexity index is 549. The highest BCUT2D eigenvalue weighted by molar-refractivity contribution is 7.98. The SMILES string of the molecule is CSc1ccc(C(=O)N2C[C@@H](O)C[C@H]2C)cc1[N+](=O)[O-]. The van der Waals surface area contributed by atoms with E-state index in [4.69, 9.17) is 0 Å². The lowest BCUT2D eigenvalue weighted by molar-refractivity contribution is -0.387. The minimum absolute atomic E-state index is 0.0585. The van der Waals surface area contributed by atoms with Crippen molar-refractivity contribution >= 4 is 23.4 Å². The molecule has 7 heteroatoms. The van der Waals surface area contributed by atoms with E-state index in [0.29, 0.717) is 11.3 Å². The second kappa shape index (κ2) is 5.80. The van der Waals surface area contributed by atoms with Crippen LogP contribution in [0, 0.1) is 10.1 Å². The fourth-order valence-corrected chi connectivity index (χ4v) is 2.96. The van der Waals surface area contributed by atoms with Crippen LogP contribution in [0.1, 0.15) is 23.7 Å². The number of aliphatic hydroxyl groups excluding tert-OH is 1. The largest absolute Gasteiger partial charge is 0.391 e. The first-order chi connectivity index (χ1) is 9.43. The van der Waals surface area contributed by atoms with Gasteiger partial charge in [0.2, 0.25) is 0 Å². The molecule has 0 bridgehead atoms. The molecule has 1 heterocycles. The van der Waals surface area contributed by atoms with Crippen LogP contribution in [0.2, 0.25) is 0 Å². The molecule has 1 fully saturated rings. The van der Waals surface area contributed by atoms with E-state index in [0.717, 1.165) is 0 Å². The Kier molecular flexibility index (Phi) is 4.29. The molecular weight excluding hydrogens is 280 g/mol. The van der Waals surface area contributed by atoms with Crippen LogP contribution in [-0.2, 0) is 0 Å². The van der Waals surface area contributed by atoms with E-state index in [1.54, 1.807) is 23.3 Å². The van der Waals surface area contributed by atoms with Gasteiger partial charge in [0, 0.05) is 24.2 Å². The van der Waals surface area contributed by atoms with Crippen LogP contribution in [0.15, 0.2) is 23.1 Å². The molecule has 0 unspecified atom stereocenters. The summed E-state index contributed by atoms with van der Waals surface area (Å²) in [4.78, 5) is 25.0. The molecule has 2 atom stereocenters. The third kappa shape index (κ3) is 2.78. The second-order valence-corrected chi connectivity index (χ2v) is 5.69. The number of nitrogens with zero attached hydrogens (tertiary/aromatic N) is 2. The van der Waals surface area contributed by atoms with Gasteiger partial charge in [-0.3, -0.25) is 14.9 Å². The Hall–Kier alpha value is -1.60. The zero-order chi connectivity index (χ0) is 14.9. The van der Waals surface area contributed by atoms with Crippen molar-refractivity contribution < 1.29 is 14.8 Å². The predicted octanol–water partition coefficient (Wildman–Crippen LogP) is 1.91. The topological polar surface area (TPSA) is 83.7 Å². The summed E-state index contributed by atoms with van der Waals surface area (Å²) in [5.74, 6) is -0.273. The summed E-state index contributed by atoms with van der Waals surface area (Å²) in [5.41, 5.74) is 0.228. The molecule has 2 rings (SSSR count). The Morgan fingerprint density at radius 3 is 2.75 bits per heavy atom. The van der Waals surface area contributed by atoms with Crippen molar-refractivity contribution in [2.45, 2.75) is 30.4 Å². The number of nitro benzene ring substituents is 1. The average molecular weight is 296 g/mol. The molecule has 0 saturated carbocycles. The van der Waals surface area contributed by atoms with Crippen LogP contribution < -0.4 is 0 Å². The number of thioether (sulfide) groups is 1. The minimum Gasteiger partial charge on any atom is -0.391 e. The number of rotatable bonds is 3. The van der Waals surface area contributed by atoms with Gasteiger partial charge in [-0.1, -0.05) is 0 Å². The number of benzene rings is 1. The van der Waals surface area contributed by atoms with Crippen molar-refractivity contribution in [3.05, 3.63) is 33.9 Å². The Morgan fingerprint density at radius 2 is 2.25 bits per heavy atom. The van der Waals surface area contributed by atoms with Crippen LogP contribution in [0.5, 0.6) is 0 Å². The van der Waals surface area contributed by atoms with Gasteiger partial charge in [0.05, 0.1) is 15.9 Å². The summed E-state index contributed by atoms with van der Waals surface area (Å²) in [6.07, 6.45) is 1.77. The lowest BCUT2D eigenvalue weighted by Gasteiger charge is -2.21. The predicted molar refractivity (Wildman–Crippen MR) is 76.0 cm³/mol. The zero-order valence-corrected chi connectivity index (χ0v) is 12.1. The second-order valence-electron chi connectivity index (χ2n) is 4.84. The molecule has 1 amide bonds. The molecule has 0 aromatic heterocycles. The number of hydrogen-bond donors (Lipinski definition) is 1. The molecule has 0 spiro atoms. The fourth-order valence-electron chi connectivity index (χ4n) is 2.42. The van der Waals surface area contributed by atoms with E-state index < -0.39 is 11.0 Å². The van der Waals surface area contributed by atoms with Gasteiger partial charge >= 0.3 is 0 Å². The van der Waals surface area contributed by atoms with Crippen LogP contribution in [0.3, 0.4) is 0 Å². The van der Waals surface area contributed by atoms with Gasteiger partial charge in [0.15, 0.2) is 0 Å². The highest BCUT2D eigenvalue weighted by Crippen LogP contribution is 2.29. The monoisotopic (exact) mass is 296 g/mol. The first kappa shape index (κ1) is 14.8. The van der Waals surface area contributed by atoms with E-state index >= 15 is 0 Å². The van der Waals surface area contributed by atoms with Crippen molar-refractivity contribution in [3.63, 3.8) is 0 Å². The molecule has 0 aliphatic carbocycles. The molecule has 1 aliphatic rings. The van der Waals surface area contributed by atoms with E-state index in [-0.39, 0.29) is 29.7 Å². The van der Waals surface area contributed by atoms with Gasteiger partial charge in [0.25, 0.3) is 11.6 Å². The maximum Gasteiger partial charge on any atom is 0.283 e. The highest BCUT2D eigenvalue weighted by atomic mass is 32.2. The molecule has 1 aliphatic heterocycles. The van der Waals surface area contributed by atoms with Crippen molar-refractivity contribution in [1.82, 2.24) is 4.90 Å². The quantitative estimate of drug-likeness (QED) is 0.523. The van der Waals surface area contributed by atoms with Gasteiger partial charge in [0.1, 0.15) is 0 Å². The number of likely N-dealkylation sites (tertiary alicyclic amines) is 1. The number of β-amino-alcohol motifs (C(OH)–C–C–N with tert-alkyl or cyclic N) is 1. The molecule has 1 aromatic carbocycles. The van der Waals surface area contributed by atoms with Gasteiger partial charge in [-0.2, -0.15) is 0 Å². The van der Waals surface area contributed by atoms with Crippen LogP contribution in [0.25, 0.3) is 0 Å². The third-order valence-corrected chi connectivity index (χ3v) is 4.22. The van der Waals surface area contributed by atoms with Gasteiger partial charge < -0.3 is 10.0 Å². The van der Waals surface area contributed by atoms with Crippen molar-refractivity contribution in [2.24, 2.45) is 0 Å². The van der Waals surface area contributed by atoms with E-state index in [9.17, 15) is 20.0 Å². The molecule has 20 heavy (non-hydrogen) atoms. The first-order valence-electron chi connectivity index (χ1n) is 6.25. The summed E-state index contributed by atoms with van der Waals surface area (Å²) in [5, 5.41) is 20.6. The zero-order valence-electron chi connectivity index (χ0n) is 11.3. The minimum atomic E-state index is -0.519. The average Bonchev–Trinajstić information content (AvgIpc) is 2.76. The summed E-state index contributed by atoms with van der Waals surface area (Å²) in [6.45, 7) is 2.14. The summed E-state index contributed by atoms with van der Waals surface area (Å²) < 4.78 is 0. The van der Waals surface area contributed by atoms with E-state index in [1.165, 1.54) is 17.8 Å². The van der Waals surface area contributed by atoms with E-state index in [1.807, 2.05) is 6.92 Å². The molecule has 1 saturated heterocycles. The molecular formula is C13H16N2O4S. The number of carbonyl (C=O) groups excluding carboxylic acids is 1. The molecule has 0 radical (unpaired) electrons. The van der Waals surface area contributed by atoms with Crippen molar-refractivity contribution in [3.8, 4) is 0 Å². The smallest absolute Gasteiger partial charge is 0.283 e. The Balaban J connectivity index is 2.31. The first-order valence-corrected chi connectivity index (χ1v) is 7.48. The number of amides is 1. The van der Waals surface area contributed by atoms with E-state index in [2.05, 4.69) is 0 Å². The van der Waals surface area contributed by atoms with Crippen LogP contribution in [-0.4, -0.2) is 45.8 Å². The number of aliphatic hydroxyl groups is 1. The maximum atomic E-state index is 12.4. The maximum absolute atomic E-state index is 12.4. The number of hydrogen-bond acceptors (Lipinski definition) is 5. The molecule has 108 valence electrons. The Labute approximate surface area is 120 Å². The number of carbonyl (C=O) groups is 1. The number of nitro groups is 1. The molecule has 1 N–H and O–H groups in total. The lowest BCUT2D eigenvalue weighted by atomic mass is 10.1. The summed E-state index contributed by atoms with van der Waals surface area (Å²) in [6, 6.07) is 4.44. The third-order valence-electron chi connectivity index (χ3n) is 3.44. The van der Waals surface area contributed by atoms with Crippen molar-refractivity contribution in [1.29, 1.82) is 0 Å². The fraction of sp³-hybridized carbons (Fsp3) is 0.462. The van der Waals surface area contributed by atoms with Gasteiger partial charge in [-0.15, -0.1) is 11.8 Å². The van der Waals surface area contributed by atoms with Gasteiger partial charge in [-0.05, 0) is 31.7 Å². The lowest BCUT2D eigenvalue weighted by Crippen LogP contribution is -2.34. The van der Waals surface area contributed by atoms with Crippen molar-refractivity contribution in [2.75, 3.05) is 12.8 Å². The molecule has 6 nitrogen and oxygen atoms in total. The normalized spacial score (nSPS) is 22.1. The van der Waals surface area contributed by atoms with Gasteiger partial charge in [-0.25, -0.2) is 0 Å². The summed E-state index contributed by atoms with van der Waals surface area (Å²) in [7, 11) is 0.